The standard InChI is InChI=1S/C29H18N4O6/c34-27(35)14-7-23(28(36)37)26(24(8-14)29(38)39)22-12-21-11-19-4-3-17(31-19)9-15-1-2-16(30-15)10-18-5-6-20(32-18)13-25(22)33-21/h1-13,30,33H,(H,34,35)(H,36,37)(H,38,39). The Labute approximate surface area is 219 Å². The first-order valence-electron chi connectivity index (χ1n) is 11.7. The Morgan fingerprint density at radius 3 is 1.54 bits per heavy atom. The number of aromatic amines is 2. The normalized spacial score (nSPS) is 12.0. The number of aromatic carboxylic acids is 3. The van der Waals surface area contributed by atoms with Gasteiger partial charge in [-0.1, -0.05) is 0 Å². The van der Waals surface area contributed by atoms with Crippen LogP contribution in [0.2, 0.25) is 0 Å². The molecule has 0 amide bonds. The molecular formula is C29H18N4O6. The Morgan fingerprint density at radius 1 is 0.564 bits per heavy atom. The summed E-state index contributed by atoms with van der Waals surface area (Å²) in [6.45, 7) is 0. The molecule has 5 heterocycles. The van der Waals surface area contributed by atoms with Crippen molar-refractivity contribution in [1.29, 1.82) is 0 Å². The molecule has 10 nitrogen and oxygen atoms in total. The molecule has 2 aliphatic heterocycles. The molecule has 5 N–H and O–H groups in total. The van der Waals surface area contributed by atoms with Crippen molar-refractivity contribution in [1.82, 2.24) is 19.9 Å². The minimum atomic E-state index is -1.46. The number of nitrogens with zero attached hydrogens (tertiary/aromatic N) is 2. The van der Waals surface area contributed by atoms with Crippen molar-refractivity contribution >= 4 is 64.3 Å². The molecule has 0 aliphatic carbocycles. The highest BCUT2D eigenvalue weighted by atomic mass is 16.4. The zero-order chi connectivity index (χ0) is 27.3. The van der Waals surface area contributed by atoms with Gasteiger partial charge in [0, 0.05) is 33.2 Å². The molecule has 4 aromatic rings. The molecule has 0 saturated carbocycles. The molecule has 10 heteroatoms. The molecular weight excluding hydrogens is 500 g/mol. The summed E-state index contributed by atoms with van der Waals surface area (Å²) in [6.07, 6.45) is 7.27. The Balaban J connectivity index is 1.72. The maximum atomic E-state index is 12.2. The second-order valence-corrected chi connectivity index (χ2v) is 8.95. The molecule has 2 aliphatic rings. The first kappa shape index (κ1) is 23.6. The highest BCUT2D eigenvalue weighted by Crippen LogP contribution is 2.34. The molecule has 1 aromatic carbocycles. The number of nitrogens with one attached hydrogen (secondary N) is 2. The van der Waals surface area contributed by atoms with Crippen LogP contribution >= 0.6 is 0 Å². The summed E-state index contributed by atoms with van der Waals surface area (Å²) in [6, 6.07) is 14.6. The van der Waals surface area contributed by atoms with Crippen molar-refractivity contribution in [3.05, 3.63) is 94.1 Å². The number of carboxylic acids is 3. The molecule has 6 rings (SSSR count). The molecule has 0 unspecified atom stereocenters. The summed E-state index contributed by atoms with van der Waals surface area (Å²) in [5.41, 5.74) is 4.00. The van der Waals surface area contributed by atoms with Gasteiger partial charge in [-0.25, -0.2) is 24.4 Å². The fourth-order valence-corrected chi connectivity index (χ4v) is 4.62. The van der Waals surface area contributed by atoms with E-state index in [1.54, 1.807) is 24.3 Å². The third-order valence-electron chi connectivity index (χ3n) is 6.28. The molecule has 0 saturated heterocycles. The van der Waals surface area contributed by atoms with E-state index in [0.29, 0.717) is 28.1 Å². The van der Waals surface area contributed by atoms with E-state index in [1.165, 1.54) is 0 Å². The predicted octanol–water partition coefficient (Wildman–Crippen LogP) is 5.42. The van der Waals surface area contributed by atoms with Crippen LogP contribution in [0.4, 0.5) is 0 Å². The van der Waals surface area contributed by atoms with Crippen molar-refractivity contribution in [2.45, 2.75) is 0 Å². The minimum absolute atomic E-state index is 0.124. The second kappa shape index (κ2) is 8.96. The fourth-order valence-electron chi connectivity index (χ4n) is 4.62. The maximum absolute atomic E-state index is 12.2. The van der Waals surface area contributed by atoms with Crippen molar-refractivity contribution < 1.29 is 29.7 Å². The molecule has 0 fully saturated rings. The molecule has 8 bridgehead atoms. The lowest BCUT2D eigenvalue weighted by Crippen LogP contribution is -2.10. The summed E-state index contributed by atoms with van der Waals surface area (Å²) in [5, 5.41) is 29.4. The summed E-state index contributed by atoms with van der Waals surface area (Å²) in [5.74, 6) is -4.36. The van der Waals surface area contributed by atoms with Crippen LogP contribution in [0.5, 0.6) is 0 Å². The average Bonchev–Trinajstić information content (AvgIpc) is 3.68. The lowest BCUT2D eigenvalue weighted by molar-refractivity contribution is 0.0696. The zero-order valence-corrected chi connectivity index (χ0v) is 20.0. The maximum Gasteiger partial charge on any atom is 0.336 e. The molecule has 0 radical (unpaired) electrons. The second-order valence-electron chi connectivity index (χ2n) is 8.95. The van der Waals surface area contributed by atoms with Gasteiger partial charge in [-0.05, 0) is 78.9 Å². The van der Waals surface area contributed by atoms with Crippen LogP contribution in [0.15, 0.2) is 54.6 Å². The van der Waals surface area contributed by atoms with Gasteiger partial charge in [0.15, 0.2) is 0 Å². The van der Waals surface area contributed by atoms with E-state index in [4.69, 9.17) is 0 Å². The molecule has 39 heavy (non-hydrogen) atoms. The van der Waals surface area contributed by atoms with E-state index in [0.717, 1.165) is 28.9 Å². The Kier molecular flexibility index (Phi) is 5.43. The summed E-state index contributed by atoms with van der Waals surface area (Å²) < 4.78 is 0. The number of aromatic nitrogens is 4. The summed E-state index contributed by atoms with van der Waals surface area (Å²) >= 11 is 0. The molecule has 0 spiro atoms. The molecule has 190 valence electrons. The Hall–Kier alpha value is -5.77. The lowest BCUT2D eigenvalue weighted by Gasteiger charge is -2.11. The minimum Gasteiger partial charge on any atom is -0.478 e. The Morgan fingerprint density at radius 2 is 1.05 bits per heavy atom. The summed E-state index contributed by atoms with van der Waals surface area (Å²) in [7, 11) is 0. The fraction of sp³-hybridized carbons (Fsp3) is 0. The van der Waals surface area contributed by atoms with Crippen LogP contribution in [0, 0.1) is 0 Å². The highest BCUT2D eigenvalue weighted by Gasteiger charge is 2.25. The van der Waals surface area contributed by atoms with E-state index in [1.807, 2.05) is 42.5 Å². The first-order valence-corrected chi connectivity index (χ1v) is 11.7. The van der Waals surface area contributed by atoms with Crippen molar-refractivity contribution in [2.24, 2.45) is 0 Å². The van der Waals surface area contributed by atoms with Gasteiger partial charge in [-0.15, -0.1) is 0 Å². The number of hydrogen-bond donors (Lipinski definition) is 5. The van der Waals surface area contributed by atoms with Crippen LogP contribution in [0.25, 0.3) is 57.5 Å². The monoisotopic (exact) mass is 518 g/mol. The number of hydrogen-bond acceptors (Lipinski definition) is 5. The first-order chi connectivity index (χ1) is 18.7. The molecule has 0 atom stereocenters. The van der Waals surface area contributed by atoms with E-state index in [2.05, 4.69) is 19.9 Å². The molecule has 3 aromatic heterocycles. The van der Waals surface area contributed by atoms with Gasteiger partial charge in [0.1, 0.15) is 0 Å². The number of fused-ring (bicyclic) bond motifs is 8. The number of benzene rings is 1. The van der Waals surface area contributed by atoms with E-state index in [-0.39, 0.29) is 11.1 Å². The highest BCUT2D eigenvalue weighted by molar-refractivity contribution is 6.10. The number of carbonyl (C=O) groups is 3. The smallest absolute Gasteiger partial charge is 0.336 e. The van der Waals surface area contributed by atoms with Gasteiger partial charge < -0.3 is 25.3 Å². The predicted molar refractivity (Wildman–Crippen MR) is 145 cm³/mol. The topological polar surface area (TPSA) is 169 Å². The van der Waals surface area contributed by atoms with Gasteiger partial charge in [0.25, 0.3) is 0 Å². The van der Waals surface area contributed by atoms with Gasteiger partial charge in [-0.3, -0.25) is 0 Å². The lowest BCUT2D eigenvalue weighted by atomic mass is 9.92. The van der Waals surface area contributed by atoms with E-state index >= 15 is 0 Å². The van der Waals surface area contributed by atoms with Crippen molar-refractivity contribution in [3.8, 4) is 11.1 Å². The number of H-pyrrole nitrogens is 2. The number of carboxylic acid groups (broad SMARTS) is 3. The van der Waals surface area contributed by atoms with Gasteiger partial charge in [-0.2, -0.15) is 0 Å². The SMILES string of the molecule is O=C(O)c1cc(C(=O)O)c(-c2cc3cc4nc(cc5ccc(cc6nc(cc2[nH]3)C=C6)[nH]5)C=C4)c(C(=O)O)c1. The van der Waals surface area contributed by atoms with Crippen LogP contribution in [-0.4, -0.2) is 53.2 Å². The third kappa shape index (κ3) is 4.46. The van der Waals surface area contributed by atoms with E-state index in [9.17, 15) is 29.7 Å². The van der Waals surface area contributed by atoms with Gasteiger partial charge in [0.2, 0.25) is 0 Å². The van der Waals surface area contributed by atoms with Crippen molar-refractivity contribution in [3.63, 3.8) is 0 Å². The van der Waals surface area contributed by atoms with E-state index < -0.39 is 34.6 Å². The van der Waals surface area contributed by atoms with Crippen molar-refractivity contribution in [2.75, 3.05) is 0 Å². The zero-order valence-electron chi connectivity index (χ0n) is 20.0. The third-order valence-corrected chi connectivity index (χ3v) is 6.28. The van der Waals surface area contributed by atoms with Crippen LogP contribution in [0.1, 0.15) is 53.8 Å². The van der Waals surface area contributed by atoms with Crippen LogP contribution in [0.3, 0.4) is 0 Å². The van der Waals surface area contributed by atoms with Gasteiger partial charge >= 0.3 is 17.9 Å². The van der Waals surface area contributed by atoms with Gasteiger partial charge in [0.05, 0.1) is 39.5 Å². The Bertz CT molecular complexity index is 1930. The number of rotatable bonds is 4. The van der Waals surface area contributed by atoms with Crippen LogP contribution < -0.4 is 0 Å². The van der Waals surface area contributed by atoms with Crippen LogP contribution in [-0.2, 0) is 0 Å². The summed E-state index contributed by atoms with van der Waals surface area (Å²) in [4.78, 5) is 51.8. The quantitative estimate of drug-likeness (QED) is 0.206. The average molecular weight is 518 g/mol. The largest absolute Gasteiger partial charge is 0.478 e.